The van der Waals surface area contributed by atoms with Crippen molar-refractivity contribution in [3.63, 3.8) is 0 Å². The van der Waals surface area contributed by atoms with Gasteiger partial charge in [-0.25, -0.2) is 9.67 Å². The quantitative estimate of drug-likeness (QED) is 0.801. The number of aliphatic hydroxyl groups is 1. The summed E-state index contributed by atoms with van der Waals surface area (Å²) < 4.78 is 1.62. The molecule has 108 valence electrons. The summed E-state index contributed by atoms with van der Waals surface area (Å²) >= 11 is 0. The maximum Gasteiger partial charge on any atom is 0.181 e. The topological polar surface area (TPSA) is 74.7 Å². The van der Waals surface area contributed by atoms with Crippen molar-refractivity contribution in [1.29, 1.82) is 5.26 Å². The highest BCUT2D eigenvalue weighted by Crippen LogP contribution is 2.17. The van der Waals surface area contributed by atoms with Crippen LogP contribution in [0.15, 0.2) is 60.9 Å². The minimum absolute atomic E-state index is 0.311. The van der Waals surface area contributed by atoms with Crippen LogP contribution in [-0.2, 0) is 6.54 Å². The molecular formula is C17H14N4O. The molecule has 0 aliphatic rings. The fourth-order valence-electron chi connectivity index (χ4n) is 2.16. The molecular weight excluding hydrogens is 276 g/mol. The number of aliphatic hydroxyl groups excluding tert-OH is 1. The highest BCUT2D eigenvalue weighted by molar-refractivity contribution is 5.53. The Labute approximate surface area is 128 Å². The van der Waals surface area contributed by atoms with Crippen molar-refractivity contribution >= 4 is 0 Å². The second-order valence-corrected chi connectivity index (χ2v) is 4.91. The molecule has 1 heterocycles. The van der Waals surface area contributed by atoms with Gasteiger partial charge < -0.3 is 5.11 Å². The van der Waals surface area contributed by atoms with E-state index in [1.807, 2.05) is 30.3 Å². The molecule has 5 nitrogen and oxygen atoms in total. The molecule has 0 spiro atoms. The maximum absolute atomic E-state index is 10.2. The van der Waals surface area contributed by atoms with Crippen molar-refractivity contribution in [3.8, 4) is 17.5 Å². The second kappa shape index (κ2) is 6.20. The van der Waals surface area contributed by atoms with Crippen molar-refractivity contribution in [3.05, 3.63) is 72.1 Å². The molecule has 0 amide bonds. The predicted molar refractivity (Wildman–Crippen MR) is 81.6 cm³/mol. The third kappa shape index (κ3) is 3.03. The van der Waals surface area contributed by atoms with Gasteiger partial charge in [-0.15, -0.1) is 0 Å². The SMILES string of the molecule is N#Cc1ccc(C(O)Cn2cnc(-c3ccccc3)n2)cc1. The van der Waals surface area contributed by atoms with Gasteiger partial charge in [-0.05, 0) is 17.7 Å². The first-order chi connectivity index (χ1) is 10.8. The van der Waals surface area contributed by atoms with Crippen molar-refractivity contribution in [2.45, 2.75) is 12.6 Å². The summed E-state index contributed by atoms with van der Waals surface area (Å²) in [7, 11) is 0. The molecule has 1 N–H and O–H groups in total. The van der Waals surface area contributed by atoms with Crippen LogP contribution in [0.25, 0.3) is 11.4 Å². The van der Waals surface area contributed by atoms with Crippen molar-refractivity contribution in [2.75, 3.05) is 0 Å². The van der Waals surface area contributed by atoms with E-state index in [-0.39, 0.29) is 0 Å². The fraction of sp³-hybridized carbons (Fsp3) is 0.118. The van der Waals surface area contributed by atoms with E-state index in [9.17, 15) is 5.11 Å². The zero-order valence-electron chi connectivity index (χ0n) is 11.8. The molecule has 0 radical (unpaired) electrons. The summed E-state index contributed by atoms with van der Waals surface area (Å²) in [5.41, 5.74) is 2.26. The van der Waals surface area contributed by atoms with Gasteiger partial charge >= 0.3 is 0 Å². The summed E-state index contributed by atoms with van der Waals surface area (Å²) in [6.07, 6.45) is 0.910. The Balaban J connectivity index is 1.73. The Morgan fingerprint density at radius 2 is 1.82 bits per heavy atom. The smallest absolute Gasteiger partial charge is 0.181 e. The van der Waals surface area contributed by atoms with Crippen LogP contribution in [0, 0.1) is 11.3 Å². The highest BCUT2D eigenvalue weighted by Gasteiger charge is 2.10. The molecule has 1 atom stereocenters. The van der Waals surface area contributed by atoms with E-state index in [0.29, 0.717) is 17.9 Å². The monoisotopic (exact) mass is 290 g/mol. The molecule has 3 aromatic rings. The molecule has 0 fully saturated rings. The summed E-state index contributed by atoms with van der Waals surface area (Å²) in [5.74, 6) is 0.632. The average molecular weight is 290 g/mol. The lowest BCUT2D eigenvalue weighted by molar-refractivity contribution is 0.151. The number of nitrogens with zero attached hydrogens (tertiary/aromatic N) is 4. The van der Waals surface area contributed by atoms with Gasteiger partial charge in [0.1, 0.15) is 6.33 Å². The van der Waals surface area contributed by atoms with Crippen LogP contribution in [0.4, 0.5) is 0 Å². The molecule has 3 rings (SSSR count). The van der Waals surface area contributed by atoms with Crippen molar-refractivity contribution in [2.24, 2.45) is 0 Å². The van der Waals surface area contributed by atoms with Crippen molar-refractivity contribution in [1.82, 2.24) is 14.8 Å². The minimum atomic E-state index is -0.696. The van der Waals surface area contributed by atoms with E-state index in [2.05, 4.69) is 16.2 Å². The standard InChI is InChI=1S/C17H14N4O/c18-10-13-6-8-14(9-7-13)16(22)11-21-12-19-17(20-21)15-4-2-1-3-5-15/h1-9,12,16,22H,11H2. The maximum atomic E-state index is 10.2. The molecule has 2 aromatic carbocycles. The number of hydrogen-bond acceptors (Lipinski definition) is 4. The molecule has 5 heteroatoms. The van der Waals surface area contributed by atoms with Gasteiger partial charge in [0.15, 0.2) is 5.82 Å². The van der Waals surface area contributed by atoms with Gasteiger partial charge in [0.05, 0.1) is 24.3 Å². The van der Waals surface area contributed by atoms with E-state index in [1.54, 1.807) is 35.3 Å². The van der Waals surface area contributed by atoms with Crippen LogP contribution in [-0.4, -0.2) is 19.9 Å². The zero-order chi connectivity index (χ0) is 15.4. The van der Waals surface area contributed by atoms with E-state index >= 15 is 0 Å². The van der Waals surface area contributed by atoms with Gasteiger partial charge in [-0.1, -0.05) is 42.5 Å². The lowest BCUT2D eigenvalue weighted by atomic mass is 10.1. The first kappa shape index (κ1) is 14.0. The highest BCUT2D eigenvalue weighted by atomic mass is 16.3. The number of rotatable bonds is 4. The fourth-order valence-corrected chi connectivity index (χ4v) is 2.16. The van der Waals surface area contributed by atoms with Crippen molar-refractivity contribution < 1.29 is 5.11 Å². The molecule has 0 bridgehead atoms. The van der Waals surface area contributed by atoms with Gasteiger partial charge in [-0.3, -0.25) is 0 Å². The first-order valence-electron chi connectivity index (χ1n) is 6.89. The van der Waals surface area contributed by atoms with Crippen LogP contribution in [0.1, 0.15) is 17.2 Å². The third-order valence-corrected chi connectivity index (χ3v) is 3.35. The van der Waals surface area contributed by atoms with Crippen LogP contribution >= 0.6 is 0 Å². The Kier molecular flexibility index (Phi) is 3.95. The van der Waals surface area contributed by atoms with E-state index in [0.717, 1.165) is 11.1 Å². The molecule has 1 unspecified atom stereocenters. The lowest BCUT2D eigenvalue weighted by Crippen LogP contribution is -2.09. The molecule has 0 aliphatic carbocycles. The Bertz CT molecular complexity index is 788. The van der Waals surface area contributed by atoms with Crippen LogP contribution in [0.2, 0.25) is 0 Å². The zero-order valence-corrected chi connectivity index (χ0v) is 11.8. The largest absolute Gasteiger partial charge is 0.386 e. The normalized spacial score (nSPS) is 11.8. The number of benzene rings is 2. The Hall–Kier alpha value is -2.97. The van der Waals surface area contributed by atoms with Crippen LogP contribution in [0.5, 0.6) is 0 Å². The molecule has 1 aromatic heterocycles. The van der Waals surface area contributed by atoms with Gasteiger partial charge in [-0.2, -0.15) is 10.4 Å². The van der Waals surface area contributed by atoms with Gasteiger partial charge in [0, 0.05) is 5.56 Å². The molecule has 0 saturated carbocycles. The number of hydrogen-bond donors (Lipinski definition) is 1. The molecule has 0 aliphatic heterocycles. The minimum Gasteiger partial charge on any atom is -0.386 e. The van der Waals surface area contributed by atoms with Crippen LogP contribution < -0.4 is 0 Å². The summed E-state index contributed by atoms with van der Waals surface area (Å²) in [4.78, 5) is 4.26. The summed E-state index contributed by atoms with van der Waals surface area (Å²) in [5, 5.41) is 23.4. The second-order valence-electron chi connectivity index (χ2n) is 4.91. The third-order valence-electron chi connectivity index (χ3n) is 3.35. The molecule has 22 heavy (non-hydrogen) atoms. The van der Waals surface area contributed by atoms with Crippen LogP contribution in [0.3, 0.4) is 0 Å². The first-order valence-corrected chi connectivity index (χ1v) is 6.89. The Morgan fingerprint density at radius 1 is 1.09 bits per heavy atom. The summed E-state index contributed by atoms with van der Waals surface area (Å²) in [6.45, 7) is 0.311. The average Bonchev–Trinajstić information content (AvgIpc) is 3.04. The summed E-state index contributed by atoms with van der Waals surface area (Å²) in [6, 6.07) is 18.6. The lowest BCUT2D eigenvalue weighted by Gasteiger charge is -2.10. The number of aromatic nitrogens is 3. The van der Waals surface area contributed by atoms with Gasteiger partial charge in [0.25, 0.3) is 0 Å². The number of nitriles is 1. The molecule has 0 saturated heterocycles. The predicted octanol–water partition coefficient (Wildman–Crippen LogP) is 2.55. The van der Waals surface area contributed by atoms with Gasteiger partial charge in [0.2, 0.25) is 0 Å². The van der Waals surface area contributed by atoms with E-state index in [1.165, 1.54) is 0 Å². The van der Waals surface area contributed by atoms with E-state index in [4.69, 9.17) is 5.26 Å². The van der Waals surface area contributed by atoms with E-state index < -0.39 is 6.10 Å². The Morgan fingerprint density at radius 3 is 2.50 bits per heavy atom.